The Kier molecular flexibility index (Phi) is 4.61. The Balaban J connectivity index is 1.72. The molecule has 6 nitrogen and oxygen atoms in total. The number of nitrogens with zero attached hydrogens (tertiary/aromatic N) is 3. The number of benzene rings is 1. The molecule has 0 radical (unpaired) electrons. The minimum Gasteiger partial charge on any atom is -0.389 e. The van der Waals surface area contributed by atoms with Gasteiger partial charge in [0.2, 0.25) is 0 Å². The van der Waals surface area contributed by atoms with Crippen molar-refractivity contribution in [3.8, 4) is 0 Å². The van der Waals surface area contributed by atoms with Crippen LogP contribution in [0.1, 0.15) is 18.4 Å². The molecule has 1 aromatic heterocycles. The van der Waals surface area contributed by atoms with Gasteiger partial charge in [-0.05, 0) is 23.8 Å². The lowest BCUT2D eigenvalue weighted by molar-refractivity contribution is -0.0729. The van der Waals surface area contributed by atoms with Crippen molar-refractivity contribution in [3.63, 3.8) is 0 Å². The number of aromatic nitrogens is 1. The van der Waals surface area contributed by atoms with E-state index in [4.69, 9.17) is 4.74 Å². The average Bonchev–Trinajstić information content (AvgIpc) is 2.87. The molecule has 6 heteroatoms. The molecule has 2 aliphatic rings. The number of fused-ring (bicyclic) bond motifs is 1. The zero-order chi connectivity index (χ0) is 18.3. The molecule has 0 amide bonds. The summed E-state index contributed by atoms with van der Waals surface area (Å²) in [4.78, 5) is 8.93. The van der Waals surface area contributed by atoms with E-state index >= 15 is 0 Å². The highest BCUT2D eigenvalue weighted by Crippen LogP contribution is 2.40. The van der Waals surface area contributed by atoms with Gasteiger partial charge in [0.15, 0.2) is 0 Å². The second-order valence-electron chi connectivity index (χ2n) is 7.66. The van der Waals surface area contributed by atoms with Crippen LogP contribution in [0.4, 0.5) is 5.82 Å². The molecule has 0 unspecified atom stereocenters. The Morgan fingerprint density at radius 3 is 2.58 bits per heavy atom. The van der Waals surface area contributed by atoms with E-state index in [0.29, 0.717) is 26.3 Å². The first kappa shape index (κ1) is 17.7. The average molecular weight is 357 g/mol. The monoisotopic (exact) mass is 357 g/mol. The van der Waals surface area contributed by atoms with E-state index in [2.05, 4.69) is 22.0 Å². The number of anilines is 1. The maximum Gasteiger partial charge on any atom is 0.135 e. The van der Waals surface area contributed by atoms with E-state index in [-0.39, 0.29) is 0 Å². The van der Waals surface area contributed by atoms with Crippen LogP contribution >= 0.6 is 0 Å². The highest BCUT2D eigenvalue weighted by molar-refractivity contribution is 5.94. The van der Waals surface area contributed by atoms with Crippen LogP contribution in [-0.2, 0) is 11.3 Å². The second kappa shape index (κ2) is 6.78. The van der Waals surface area contributed by atoms with Gasteiger partial charge >= 0.3 is 0 Å². The zero-order valence-corrected chi connectivity index (χ0v) is 15.4. The maximum absolute atomic E-state index is 10.7. The van der Waals surface area contributed by atoms with Crippen molar-refractivity contribution in [2.75, 3.05) is 38.8 Å². The molecule has 0 saturated carbocycles. The number of pyridine rings is 1. The number of hydrogen-bond donors (Lipinski definition) is 2. The van der Waals surface area contributed by atoms with Gasteiger partial charge in [-0.1, -0.05) is 24.3 Å². The summed E-state index contributed by atoms with van der Waals surface area (Å²) >= 11 is 0. The molecule has 2 N–H and O–H groups in total. The molecule has 2 aromatic rings. The van der Waals surface area contributed by atoms with Gasteiger partial charge in [0, 0.05) is 52.0 Å². The number of ether oxygens (including phenoxy) is 1. The van der Waals surface area contributed by atoms with Crippen molar-refractivity contribution >= 4 is 16.6 Å². The number of likely N-dealkylation sites (tertiary alicyclic amines) is 1. The fraction of sp³-hybridized carbons (Fsp3) is 0.550. The number of aliphatic hydroxyl groups excluding tert-OH is 2. The molecule has 2 saturated heterocycles. The van der Waals surface area contributed by atoms with Crippen molar-refractivity contribution in [1.29, 1.82) is 0 Å². The Labute approximate surface area is 154 Å². The molecule has 26 heavy (non-hydrogen) atoms. The summed E-state index contributed by atoms with van der Waals surface area (Å²) in [6, 6.07) is 8.30. The summed E-state index contributed by atoms with van der Waals surface area (Å²) < 4.78 is 5.51. The van der Waals surface area contributed by atoms with Crippen LogP contribution in [0, 0.1) is 0 Å². The van der Waals surface area contributed by atoms with Gasteiger partial charge in [-0.25, -0.2) is 4.98 Å². The fourth-order valence-corrected chi connectivity index (χ4v) is 4.54. The lowest BCUT2D eigenvalue weighted by atomic mass is 9.84. The lowest BCUT2D eigenvalue weighted by Crippen LogP contribution is -2.54. The van der Waals surface area contributed by atoms with Gasteiger partial charge in [-0.3, -0.25) is 4.90 Å². The van der Waals surface area contributed by atoms with Crippen LogP contribution in [0.2, 0.25) is 0 Å². The molecule has 1 spiro atoms. The SMILES string of the molecule is CN(C)c1ncc(CN2C[C@@H](O)[C@@H](O)C23CCOCC3)c2ccccc12. The van der Waals surface area contributed by atoms with E-state index in [1.807, 2.05) is 37.3 Å². The van der Waals surface area contributed by atoms with Gasteiger partial charge in [0.1, 0.15) is 5.82 Å². The van der Waals surface area contributed by atoms with Crippen LogP contribution in [0.25, 0.3) is 10.8 Å². The second-order valence-corrected chi connectivity index (χ2v) is 7.66. The first-order chi connectivity index (χ1) is 12.5. The van der Waals surface area contributed by atoms with Crippen molar-refractivity contribution in [2.45, 2.75) is 37.1 Å². The summed E-state index contributed by atoms with van der Waals surface area (Å²) in [6.45, 7) is 2.39. The molecule has 0 aliphatic carbocycles. The molecule has 2 fully saturated rings. The molecular formula is C20H27N3O3. The smallest absolute Gasteiger partial charge is 0.135 e. The van der Waals surface area contributed by atoms with E-state index in [1.54, 1.807) is 0 Å². The summed E-state index contributed by atoms with van der Waals surface area (Å²) in [5, 5.41) is 23.3. The summed E-state index contributed by atoms with van der Waals surface area (Å²) in [5.41, 5.74) is 0.720. The van der Waals surface area contributed by atoms with Crippen molar-refractivity contribution < 1.29 is 14.9 Å². The highest BCUT2D eigenvalue weighted by Gasteiger charge is 2.53. The first-order valence-corrected chi connectivity index (χ1v) is 9.26. The molecular weight excluding hydrogens is 330 g/mol. The Hall–Kier alpha value is -1.73. The van der Waals surface area contributed by atoms with Crippen molar-refractivity contribution in [3.05, 3.63) is 36.0 Å². The minimum absolute atomic E-state index is 0.404. The summed E-state index contributed by atoms with van der Waals surface area (Å²) in [6.07, 6.45) is 1.97. The fourth-order valence-electron chi connectivity index (χ4n) is 4.54. The number of rotatable bonds is 3. The highest BCUT2D eigenvalue weighted by atomic mass is 16.5. The largest absolute Gasteiger partial charge is 0.389 e. The molecule has 140 valence electrons. The molecule has 2 atom stereocenters. The third-order valence-corrected chi connectivity index (χ3v) is 5.95. The Morgan fingerprint density at radius 1 is 1.19 bits per heavy atom. The van der Waals surface area contributed by atoms with E-state index in [1.165, 1.54) is 5.39 Å². The normalized spacial score (nSPS) is 25.8. The van der Waals surface area contributed by atoms with Gasteiger partial charge in [-0.15, -0.1) is 0 Å². The van der Waals surface area contributed by atoms with E-state index in [0.717, 1.165) is 29.6 Å². The molecule has 1 aromatic carbocycles. The maximum atomic E-state index is 10.7. The van der Waals surface area contributed by atoms with Crippen molar-refractivity contribution in [1.82, 2.24) is 9.88 Å². The standard InChI is InChI=1S/C20H27N3O3/c1-22(2)19-16-6-4-3-5-15(16)14(11-21-19)12-23-13-17(24)18(25)20(23)7-9-26-10-8-20/h3-6,11,17-18,24-25H,7-10,12-13H2,1-2H3/t17-,18-/m1/s1. The van der Waals surface area contributed by atoms with Crippen LogP contribution < -0.4 is 4.90 Å². The summed E-state index contributed by atoms with van der Waals surface area (Å²) in [7, 11) is 4.00. The van der Waals surface area contributed by atoms with Crippen LogP contribution in [0.3, 0.4) is 0 Å². The molecule has 2 aliphatic heterocycles. The van der Waals surface area contributed by atoms with Gasteiger partial charge in [-0.2, -0.15) is 0 Å². The van der Waals surface area contributed by atoms with Gasteiger partial charge < -0.3 is 19.8 Å². The number of hydrogen-bond acceptors (Lipinski definition) is 6. The third kappa shape index (κ3) is 2.77. The number of aliphatic hydroxyl groups is 2. The Bertz CT molecular complexity index is 789. The van der Waals surface area contributed by atoms with Crippen LogP contribution in [0.15, 0.2) is 30.5 Å². The molecule has 0 bridgehead atoms. The van der Waals surface area contributed by atoms with E-state index in [9.17, 15) is 10.2 Å². The van der Waals surface area contributed by atoms with Crippen LogP contribution in [0.5, 0.6) is 0 Å². The zero-order valence-electron chi connectivity index (χ0n) is 15.4. The predicted octanol–water partition coefficient (Wildman–Crippen LogP) is 1.39. The van der Waals surface area contributed by atoms with E-state index < -0.39 is 17.7 Å². The molecule has 4 rings (SSSR count). The topological polar surface area (TPSA) is 69.1 Å². The van der Waals surface area contributed by atoms with Gasteiger partial charge in [0.25, 0.3) is 0 Å². The third-order valence-electron chi connectivity index (χ3n) is 5.95. The predicted molar refractivity (Wildman–Crippen MR) is 101 cm³/mol. The molecule has 3 heterocycles. The van der Waals surface area contributed by atoms with Crippen molar-refractivity contribution in [2.24, 2.45) is 0 Å². The minimum atomic E-state index is -0.730. The first-order valence-electron chi connectivity index (χ1n) is 9.26. The lowest BCUT2D eigenvalue weighted by Gasteiger charge is -2.43. The Morgan fingerprint density at radius 2 is 1.88 bits per heavy atom. The number of β-amino-alcohol motifs (C(OH)–C–C–N with tert-alkyl or cyclic N) is 1. The van der Waals surface area contributed by atoms with Gasteiger partial charge in [0.05, 0.1) is 17.7 Å². The van der Waals surface area contributed by atoms with Crippen LogP contribution in [-0.4, -0.2) is 71.7 Å². The summed E-state index contributed by atoms with van der Waals surface area (Å²) in [5.74, 6) is 0.951. The quantitative estimate of drug-likeness (QED) is 0.865.